The summed E-state index contributed by atoms with van der Waals surface area (Å²) in [5.41, 5.74) is 0. The summed E-state index contributed by atoms with van der Waals surface area (Å²) in [6.45, 7) is 6.34. The van der Waals surface area contributed by atoms with Crippen molar-refractivity contribution in [3.8, 4) is 0 Å². The van der Waals surface area contributed by atoms with Crippen LogP contribution in [-0.4, -0.2) is 62.0 Å². The second kappa shape index (κ2) is 7.10. The van der Waals surface area contributed by atoms with E-state index in [0.29, 0.717) is 12.0 Å². The van der Waals surface area contributed by atoms with E-state index < -0.39 is 0 Å². The number of nitrogens with one attached hydrogen (secondary N) is 1. The minimum absolute atomic E-state index is 0.0237. The second-order valence-electron chi connectivity index (χ2n) is 6.06. The first-order chi connectivity index (χ1) is 8.45. The summed E-state index contributed by atoms with van der Waals surface area (Å²) in [6.07, 6.45) is 3.17. The number of likely N-dealkylation sites (N-methyl/N-ethyl adjacent to an activating group) is 2. The van der Waals surface area contributed by atoms with Crippen LogP contribution in [0.4, 0.5) is 0 Å². The molecule has 1 N–H and O–H groups in total. The second-order valence-corrected chi connectivity index (χ2v) is 6.06. The number of carbonyl (C=O) groups excluding carboxylic acids is 1. The average molecular weight is 255 g/mol. The number of hydrogen-bond donors (Lipinski definition) is 1. The number of hydrogen-bond acceptors (Lipinski definition) is 3. The van der Waals surface area contributed by atoms with Gasteiger partial charge in [0, 0.05) is 19.1 Å². The number of nitrogens with zero attached hydrogens (tertiary/aromatic N) is 2. The predicted octanol–water partition coefficient (Wildman–Crippen LogP) is 1.17. The molecule has 1 aliphatic heterocycles. The Kier molecular flexibility index (Phi) is 6.09. The Bertz CT molecular complexity index is 256. The largest absolute Gasteiger partial charge is 0.337 e. The fourth-order valence-corrected chi connectivity index (χ4v) is 2.80. The highest BCUT2D eigenvalue weighted by atomic mass is 16.2. The van der Waals surface area contributed by atoms with E-state index in [1.165, 1.54) is 0 Å². The van der Waals surface area contributed by atoms with Crippen molar-refractivity contribution in [2.45, 2.75) is 45.2 Å². The highest BCUT2D eigenvalue weighted by molar-refractivity contribution is 5.82. The Morgan fingerprint density at radius 3 is 2.61 bits per heavy atom. The molecule has 1 heterocycles. The zero-order valence-corrected chi connectivity index (χ0v) is 12.6. The highest BCUT2D eigenvalue weighted by Crippen LogP contribution is 2.19. The molecule has 0 aromatic carbocycles. The fraction of sp³-hybridized carbons (Fsp3) is 0.929. The van der Waals surface area contributed by atoms with Crippen molar-refractivity contribution in [2.24, 2.45) is 5.92 Å². The molecule has 2 unspecified atom stereocenters. The lowest BCUT2D eigenvalue weighted by Gasteiger charge is -2.39. The lowest BCUT2D eigenvalue weighted by molar-refractivity contribution is -0.139. The maximum absolute atomic E-state index is 12.4. The van der Waals surface area contributed by atoms with E-state index in [0.717, 1.165) is 32.4 Å². The summed E-state index contributed by atoms with van der Waals surface area (Å²) in [5, 5.41) is 3.14. The van der Waals surface area contributed by atoms with Gasteiger partial charge in [-0.1, -0.05) is 13.8 Å². The molecule has 0 radical (unpaired) electrons. The first kappa shape index (κ1) is 15.4. The first-order valence-corrected chi connectivity index (χ1v) is 7.08. The van der Waals surface area contributed by atoms with Gasteiger partial charge in [-0.2, -0.15) is 0 Å². The Morgan fingerprint density at radius 1 is 1.44 bits per heavy atom. The monoisotopic (exact) mass is 255 g/mol. The zero-order chi connectivity index (χ0) is 13.7. The van der Waals surface area contributed by atoms with E-state index in [4.69, 9.17) is 0 Å². The number of piperidine rings is 1. The molecule has 1 aliphatic rings. The molecule has 0 aromatic rings. The molecule has 0 bridgehead atoms. The van der Waals surface area contributed by atoms with Crippen LogP contribution in [0.3, 0.4) is 0 Å². The summed E-state index contributed by atoms with van der Waals surface area (Å²) in [6, 6.07) is 0.374. The summed E-state index contributed by atoms with van der Waals surface area (Å²) in [4.78, 5) is 16.7. The topological polar surface area (TPSA) is 35.6 Å². The molecule has 1 fully saturated rings. The SMILES string of the molecule is CNC1CCCN(C(CC(C)C)CN(C)C)C1=O. The molecule has 4 heteroatoms. The third-order valence-electron chi connectivity index (χ3n) is 3.58. The lowest BCUT2D eigenvalue weighted by Crippen LogP contribution is -2.55. The van der Waals surface area contributed by atoms with Gasteiger partial charge in [-0.15, -0.1) is 0 Å². The summed E-state index contributed by atoms with van der Waals surface area (Å²) in [5.74, 6) is 0.911. The Labute approximate surface area is 112 Å². The van der Waals surface area contributed by atoms with E-state index in [2.05, 4.69) is 43.1 Å². The van der Waals surface area contributed by atoms with Gasteiger partial charge in [0.05, 0.1) is 6.04 Å². The van der Waals surface area contributed by atoms with Crippen LogP contribution in [0, 0.1) is 5.92 Å². The van der Waals surface area contributed by atoms with Gasteiger partial charge >= 0.3 is 0 Å². The van der Waals surface area contributed by atoms with Gasteiger partial charge in [0.1, 0.15) is 0 Å². The lowest BCUT2D eigenvalue weighted by atomic mass is 9.97. The number of rotatable bonds is 6. The van der Waals surface area contributed by atoms with Gasteiger partial charge < -0.3 is 15.1 Å². The van der Waals surface area contributed by atoms with E-state index in [1.807, 2.05) is 7.05 Å². The van der Waals surface area contributed by atoms with Gasteiger partial charge in [0.15, 0.2) is 0 Å². The van der Waals surface area contributed by atoms with Gasteiger partial charge in [-0.3, -0.25) is 4.79 Å². The van der Waals surface area contributed by atoms with Crippen molar-refractivity contribution in [3.63, 3.8) is 0 Å². The Balaban J connectivity index is 2.73. The molecule has 106 valence electrons. The normalized spacial score (nSPS) is 22.9. The van der Waals surface area contributed by atoms with Crippen LogP contribution in [0.15, 0.2) is 0 Å². The fourth-order valence-electron chi connectivity index (χ4n) is 2.80. The van der Waals surface area contributed by atoms with Crippen LogP contribution < -0.4 is 5.32 Å². The Hall–Kier alpha value is -0.610. The minimum atomic E-state index is 0.0237. The van der Waals surface area contributed by atoms with Crippen molar-refractivity contribution in [3.05, 3.63) is 0 Å². The average Bonchev–Trinajstić information content (AvgIpc) is 2.27. The quantitative estimate of drug-likeness (QED) is 0.774. The van der Waals surface area contributed by atoms with Crippen molar-refractivity contribution in [2.75, 3.05) is 34.2 Å². The molecular weight excluding hydrogens is 226 g/mol. The smallest absolute Gasteiger partial charge is 0.239 e. The maximum atomic E-state index is 12.4. The van der Waals surface area contributed by atoms with E-state index >= 15 is 0 Å². The Morgan fingerprint density at radius 2 is 2.11 bits per heavy atom. The van der Waals surface area contributed by atoms with Crippen molar-refractivity contribution in [1.82, 2.24) is 15.1 Å². The molecule has 0 spiro atoms. The van der Waals surface area contributed by atoms with Crippen molar-refractivity contribution >= 4 is 5.91 Å². The first-order valence-electron chi connectivity index (χ1n) is 7.08. The third kappa shape index (κ3) is 4.25. The van der Waals surface area contributed by atoms with Gasteiger partial charge in [0.2, 0.25) is 5.91 Å². The number of carbonyl (C=O) groups is 1. The van der Waals surface area contributed by atoms with Gasteiger partial charge in [-0.25, -0.2) is 0 Å². The number of amides is 1. The van der Waals surface area contributed by atoms with Crippen LogP contribution >= 0.6 is 0 Å². The summed E-state index contributed by atoms with van der Waals surface area (Å²) in [7, 11) is 6.05. The minimum Gasteiger partial charge on any atom is -0.337 e. The van der Waals surface area contributed by atoms with Gasteiger partial charge in [0.25, 0.3) is 0 Å². The maximum Gasteiger partial charge on any atom is 0.239 e. The van der Waals surface area contributed by atoms with Crippen LogP contribution in [0.25, 0.3) is 0 Å². The van der Waals surface area contributed by atoms with Crippen molar-refractivity contribution in [1.29, 1.82) is 0 Å². The standard InChI is InChI=1S/C14H29N3O/c1-11(2)9-12(10-16(4)5)17-8-6-7-13(15-3)14(17)18/h11-13,15H,6-10H2,1-5H3. The zero-order valence-electron chi connectivity index (χ0n) is 12.6. The molecule has 1 saturated heterocycles. The van der Waals surface area contributed by atoms with Crippen LogP contribution in [0.1, 0.15) is 33.1 Å². The van der Waals surface area contributed by atoms with E-state index in [-0.39, 0.29) is 11.9 Å². The molecule has 0 aromatic heterocycles. The summed E-state index contributed by atoms with van der Waals surface area (Å²) < 4.78 is 0. The molecule has 0 saturated carbocycles. The molecular formula is C14H29N3O. The van der Waals surface area contributed by atoms with Crippen LogP contribution in [-0.2, 0) is 4.79 Å². The summed E-state index contributed by atoms with van der Waals surface area (Å²) >= 11 is 0. The van der Waals surface area contributed by atoms with E-state index in [9.17, 15) is 4.79 Å². The third-order valence-corrected chi connectivity index (χ3v) is 3.58. The molecule has 2 atom stereocenters. The predicted molar refractivity (Wildman–Crippen MR) is 75.6 cm³/mol. The molecule has 1 rings (SSSR count). The molecule has 4 nitrogen and oxygen atoms in total. The number of likely N-dealkylation sites (tertiary alicyclic amines) is 1. The van der Waals surface area contributed by atoms with Gasteiger partial charge in [-0.05, 0) is 46.3 Å². The van der Waals surface area contributed by atoms with Crippen molar-refractivity contribution < 1.29 is 4.79 Å². The molecule has 18 heavy (non-hydrogen) atoms. The van der Waals surface area contributed by atoms with E-state index in [1.54, 1.807) is 0 Å². The highest BCUT2D eigenvalue weighted by Gasteiger charge is 2.32. The van der Waals surface area contributed by atoms with Crippen LogP contribution in [0.2, 0.25) is 0 Å². The molecule has 0 aliphatic carbocycles. The molecule has 1 amide bonds. The van der Waals surface area contributed by atoms with Crippen LogP contribution in [0.5, 0.6) is 0 Å².